The van der Waals surface area contributed by atoms with E-state index in [9.17, 15) is 29.8 Å². The first-order valence-electron chi connectivity index (χ1n) is 20.6. The van der Waals surface area contributed by atoms with Crippen LogP contribution in [0.25, 0.3) is 21.9 Å². The molecule has 0 heterocycles. The molecule has 0 fully saturated rings. The van der Waals surface area contributed by atoms with Gasteiger partial charge in [0.1, 0.15) is 11.5 Å². The monoisotopic (exact) mass is 868 g/mol. The number of nitro benzene ring substituents is 2. The van der Waals surface area contributed by atoms with E-state index >= 15 is 0 Å². The van der Waals surface area contributed by atoms with Crippen LogP contribution in [0, 0.1) is 20.2 Å². The Balaban J connectivity index is 0.965. The number of nitrogens with zero attached hydrogens (tertiary/aromatic N) is 4. The smallest absolute Gasteiger partial charge is 0.344 e. The molecule has 0 aliphatic heterocycles. The molecule has 0 aromatic heterocycles. The Bertz CT molecular complexity index is 3220. The van der Waals surface area contributed by atoms with Crippen LogP contribution in [0.15, 0.2) is 218 Å². The van der Waals surface area contributed by atoms with Crippen molar-refractivity contribution in [1.29, 1.82) is 0 Å². The highest BCUT2D eigenvalue weighted by Crippen LogP contribution is 2.40. The van der Waals surface area contributed by atoms with Crippen molar-refractivity contribution in [3.05, 3.63) is 250 Å². The summed E-state index contributed by atoms with van der Waals surface area (Å²) in [5.41, 5.74) is 5.72. The highest BCUT2D eigenvalue weighted by molar-refractivity contribution is 5.97. The molecule has 0 unspecified atom stereocenters. The van der Waals surface area contributed by atoms with E-state index in [1.165, 1.54) is 0 Å². The van der Waals surface area contributed by atoms with Gasteiger partial charge in [0.2, 0.25) is 0 Å². The standard InChI is InChI=1S/C54H36N4O8/c59-53(41-22-21-37-11-7-8-12-40(37)31-41)65-51-19-9-17-47(35-51)55(43-13-3-1-4-14-43)45-27-23-38(24-28-45)39-25-29-46(30-26-39)56(44-15-5-2-6-16-44)48-18-10-20-52(36-48)66-54(60)42-32-49(57(61)62)34-50(33-42)58(63)64/h1-36H. The largest absolute Gasteiger partial charge is 0.423 e. The number of carbonyl (C=O) groups excluding carboxylic acids is 2. The minimum absolute atomic E-state index is 0.127. The van der Waals surface area contributed by atoms with Crippen LogP contribution in [0.3, 0.4) is 0 Å². The number of esters is 2. The molecule has 0 saturated carbocycles. The zero-order valence-corrected chi connectivity index (χ0v) is 34.8. The lowest BCUT2D eigenvalue weighted by Crippen LogP contribution is -2.12. The fraction of sp³-hybridized carbons (Fsp3) is 0. The van der Waals surface area contributed by atoms with E-state index in [-0.39, 0.29) is 11.3 Å². The molecule has 0 N–H and O–H groups in total. The maximum atomic E-state index is 13.3. The van der Waals surface area contributed by atoms with Crippen molar-refractivity contribution >= 4 is 68.2 Å². The summed E-state index contributed by atoms with van der Waals surface area (Å²) in [7, 11) is 0. The molecule has 12 heteroatoms. The van der Waals surface area contributed by atoms with Gasteiger partial charge in [-0.3, -0.25) is 20.2 Å². The molecule has 9 rings (SSSR count). The SMILES string of the molecule is O=C(Oc1cccc(N(c2ccccc2)c2ccc(-c3ccc(N(c4ccccc4)c4cccc(OC(=O)c5ccc6ccccc6c5)c4)cc3)cc2)c1)c1cc([N+](=O)[O-])cc([N+](=O)[O-])c1. The van der Waals surface area contributed by atoms with Crippen molar-refractivity contribution in [2.45, 2.75) is 0 Å². The summed E-state index contributed by atoms with van der Waals surface area (Å²) in [5.74, 6) is -0.895. The first kappa shape index (κ1) is 41.9. The molecule has 66 heavy (non-hydrogen) atoms. The predicted molar refractivity (Wildman–Crippen MR) is 255 cm³/mol. The maximum Gasteiger partial charge on any atom is 0.344 e. The highest BCUT2D eigenvalue weighted by Gasteiger charge is 2.22. The van der Waals surface area contributed by atoms with Gasteiger partial charge >= 0.3 is 11.9 Å². The lowest BCUT2D eigenvalue weighted by Gasteiger charge is -2.26. The third kappa shape index (κ3) is 9.19. The quantitative estimate of drug-likeness (QED) is 0.0475. The number of benzene rings is 9. The lowest BCUT2D eigenvalue weighted by atomic mass is 10.0. The summed E-state index contributed by atoms with van der Waals surface area (Å²) in [5, 5.41) is 24.9. The van der Waals surface area contributed by atoms with Gasteiger partial charge in [0.25, 0.3) is 11.4 Å². The van der Waals surface area contributed by atoms with Crippen molar-refractivity contribution in [3.63, 3.8) is 0 Å². The number of rotatable bonds is 13. The summed E-state index contributed by atoms with van der Waals surface area (Å²) in [6.07, 6.45) is 0. The van der Waals surface area contributed by atoms with E-state index in [1.54, 1.807) is 30.3 Å². The third-order valence-corrected chi connectivity index (χ3v) is 10.7. The molecule has 0 amide bonds. The molecule has 9 aromatic rings. The van der Waals surface area contributed by atoms with Crippen LogP contribution in [-0.2, 0) is 0 Å². The number of non-ortho nitro benzene ring substituents is 2. The number of anilines is 6. The van der Waals surface area contributed by atoms with Gasteiger partial charge in [-0.2, -0.15) is 0 Å². The fourth-order valence-electron chi connectivity index (χ4n) is 7.60. The number of para-hydroxylation sites is 2. The van der Waals surface area contributed by atoms with Gasteiger partial charge in [0, 0.05) is 58.4 Å². The molecule has 9 aromatic carbocycles. The van der Waals surface area contributed by atoms with Crippen molar-refractivity contribution in [3.8, 4) is 22.6 Å². The molecule has 0 aliphatic rings. The number of fused-ring (bicyclic) bond motifs is 1. The Morgan fingerprint density at radius 2 is 0.773 bits per heavy atom. The second kappa shape index (κ2) is 18.5. The molecule has 0 aliphatic carbocycles. The molecular formula is C54H36N4O8. The van der Waals surface area contributed by atoms with Crippen LogP contribution in [0.5, 0.6) is 11.5 Å². The normalized spacial score (nSPS) is 10.8. The third-order valence-electron chi connectivity index (χ3n) is 10.7. The fourth-order valence-corrected chi connectivity index (χ4v) is 7.60. The van der Waals surface area contributed by atoms with Gasteiger partial charge in [-0.15, -0.1) is 0 Å². The summed E-state index contributed by atoms with van der Waals surface area (Å²) in [6.45, 7) is 0. The van der Waals surface area contributed by atoms with Crippen LogP contribution in [0.2, 0.25) is 0 Å². The minimum atomic E-state index is -0.987. The van der Waals surface area contributed by atoms with Crippen molar-refractivity contribution < 1.29 is 28.9 Å². The summed E-state index contributed by atoms with van der Waals surface area (Å²) >= 11 is 0. The van der Waals surface area contributed by atoms with Crippen LogP contribution < -0.4 is 19.3 Å². The second-order valence-corrected chi connectivity index (χ2v) is 15.0. The minimum Gasteiger partial charge on any atom is -0.423 e. The van der Waals surface area contributed by atoms with E-state index in [4.69, 9.17) is 9.47 Å². The van der Waals surface area contributed by atoms with Gasteiger partial charge < -0.3 is 19.3 Å². The van der Waals surface area contributed by atoms with E-state index in [0.29, 0.717) is 17.0 Å². The Labute approximate surface area is 378 Å². The molecule has 0 atom stereocenters. The summed E-state index contributed by atoms with van der Waals surface area (Å²) < 4.78 is 11.5. The van der Waals surface area contributed by atoms with Crippen LogP contribution in [-0.4, -0.2) is 21.8 Å². The van der Waals surface area contributed by atoms with Gasteiger partial charge in [0.15, 0.2) is 0 Å². The Morgan fingerprint density at radius 1 is 0.364 bits per heavy atom. The highest BCUT2D eigenvalue weighted by atomic mass is 16.6. The Morgan fingerprint density at radius 3 is 1.24 bits per heavy atom. The van der Waals surface area contributed by atoms with E-state index < -0.39 is 33.2 Å². The second-order valence-electron chi connectivity index (χ2n) is 15.0. The van der Waals surface area contributed by atoms with E-state index in [2.05, 4.69) is 4.90 Å². The number of nitro groups is 2. The maximum absolute atomic E-state index is 13.3. The zero-order valence-electron chi connectivity index (χ0n) is 34.8. The van der Waals surface area contributed by atoms with Crippen molar-refractivity contribution in [2.75, 3.05) is 9.80 Å². The molecule has 12 nitrogen and oxygen atoms in total. The van der Waals surface area contributed by atoms with E-state index in [0.717, 1.165) is 68.5 Å². The van der Waals surface area contributed by atoms with Crippen LogP contribution in [0.1, 0.15) is 20.7 Å². The summed E-state index contributed by atoms with van der Waals surface area (Å²) in [6, 6.07) is 66.0. The van der Waals surface area contributed by atoms with Crippen LogP contribution >= 0.6 is 0 Å². The molecule has 0 saturated heterocycles. The first-order valence-corrected chi connectivity index (χ1v) is 20.6. The first-order chi connectivity index (χ1) is 32.2. The molecule has 320 valence electrons. The van der Waals surface area contributed by atoms with Crippen molar-refractivity contribution in [1.82, 2.24) is 0 Å². The van der Waals surface area contributed by atoms with Gasteiger partial charge in [-0.05, 0) is 107 Å². The number of carbonyl (C=O) groups is 2. The average Bonchev–Trinajstić information content (AvgIpc) is 3.35. The molecular weight excluding hydrogens is 833 g/mol. The van der Waals surface area contributed by atoms with E-state index in [1.807, 2.05) is 175 Å². The van der Waals surface area contributed by atoms with Gasteiger partial charge in [0.05, 0.1) is 27.0 Å². The lowest BCUT2D eigenvalue weighted by molar-refractivity contribution is -0.394. The number of hydrogen-bond acceptors (Lipinski definition) is 10. The van der Waals surface area contributed by atoms with Gasteiger partial charge in [-0.1, -0.05) is 103 Å². The average molecular weight is 869 g/mol. The number of ether oxygens (including phenoxy) is 2. The number of hydrogen-bond donors (Lipinski definition) is 0. The zero-order chi connectivity index (χ0) is 45.6. The van der Waals surface area contributed by atoms with Gasteiger partial charge in [-0.25, -0.2) is 9.59 Å². The topological polar surface area (TPSA) is 145 Å². The Hall–Kier alpha value is -9.42. The molecule has 0 spiro atoms. The molecule has 0 bridgehead atoms. The van der Waals surface area contributed by atoms with Crippen LogP contribution in [0.4, 0.5) is 45.5 Å². The molecule has 0 radical (unpaired) electrons. The van der Waals surface area contributed by atoms with Crippen molar-refractivity contribution in [2.24, 2.45) is 0 Å². The summed E-state index contributed by atoms with van der Waals surface area (Å²) in [4.78, 5) is 51.8. The Kier molecular flexibility index (Phi) is 11.8. The predicted octanol–water partition coefficient (Wildman–Crippen LogP) is 13.7.